The number of ether oxygens (including phenoxy) is 2. The molecule has 0 saturated heterocycles. The van der Waals surface area contributed by atoms with Crippen LogP contribution >= 0.6 is 23.2 Å². The molecule has 4 rings (SSSR count). The molecular weight excluding hydrogens is 481 g/mol. The van der Waals surface area contributed by atoms with Gasteiger partial charge in [0.2, 0.25) is 0 Å². The Morgan fingerprint density at radius 2 is 1.24 bits per heavy atom. The van der Waals surface area contributed by atoms with Gasteiger partial charge in [0, 0.05) is 27.8 Å². The van der Waals surface area contributed by atoms with Crippen LogP contribution in [0.5, 0.6) is 11.5 Å². The second-order valence-corrected chi connectivity index (χ2v) is 8.15. The van der Waals surface area contributed by atoms with Crippen molar-refractivity contribution in [2.45, 2.75) is 6.54 Å². The summed E-state index contributed by atoms with van der Waals surface area (Å²) in [5.41, 5.74) is 1.64. The first-order chi connectivity index (χ1) is 16.4. The van der Waals surface area contributed by atoms with E-state index in [0.29, 0.717) is 38.5 Å². The van der Waals surface area contributed by atoms with E-state index in [1.165, 1.54) is 0 Å². The largest absolute Gasteiger partial charge is 0.484 e. The third-order valence-corrected chi connectivity index (χ3v) is 5.38. The summed E-state index contributed by atoms with van der Waals surface area (Å²) < 4.78 is 10.9. The number of carbonyl (C=O) groups excluding carboxylic acids is 3. The van der Waals surface area contributed by atoms with Crippen molar-refractivity contribution >= 4 is 52.3 Å². The average Bonchev–Trinajstić information content (AvgIpc) is 3.22. The Labute approximate surface area is 205 Å². The lowest BCUT2D eigenvalue weighted by Crippen LogP contribution is -2.23. The molecule has 3 aromatic rings. The van der Waals surface area contributed by atoms with Gasteiger partial charge in [0.25, 0.3) is 17.7 Å². The maximum Gasteiger partial charge on any atom is 0.262 e. The second kappa shape index (κ2) is 10.5. The highest BCUT2D eigenvalue weighted by Crippen LogP contribution is 2.31. The Morgan fingerprint density at radius 1 is 0.765 bits per heavy atom. The fourth-order valence-corrected chi connectivity index (χ4v) is 3.55. The molecule has 0 atom stereocenters. The Morgan fingerprint density at radius 3 is 1.76 bits per heavy atom. The minimum atomic E-state index is -0.440. The lowest BCUT2D eigenvalue weighted by molar-refractivity contribution is -0.118. The molecule has 10 heteroatoms. The highest BCUT2D eigenvalue weighted by atomic mass is 35.5. The molecule has 0 saturated carbocycles. The predicted octanol–water partition coefficient (Wildman–Crippen LogP) is 4.27. The molecule has 3 aromatic carbocycles. The van der Waals surface area contributed by atoms with Gasteiger partial charge >= 0.3 is 0 Å². The standard InChI is InChI=1S/C24H19Cl2N3O5/c25-14-1-5-16(6-2-14)33-12-21(30)28-19-9-10-20(23-18(19)11-27-24(23)32)29-22(31)13-34-17-7-3-15(26)4-8-17/h1-10H,11-13H2,(H,27,32)(H,28,30)(H,29,31). The van der Waals surface area contributed by atoms with Crippen molar-refractivity contribution in [2.24, 2.45) is 0 Å². The summed E-state index contributed by atoms with van der Waals surface area (Å²) in [4.78, 5) is 37.2. The number of benzene rings is 3. The normalized spacial score (nSPS) is 11.9. The summed E-state index contributed by atoms with van der Waals surface area (Å²) in [7, 11) is 0. The topological polar surface area (TPSA) is 106 Å². The van der Waals surface area contributed by atoms with E-state index >= 15 is 0 Å². The molecule has 34 heavy (non-hydrogen) atoms. The van der Waals surface area contributed by atoms with Crippen LogP contribution in [0, 0.1) is 0 Å². The van der Waals surface area contributed by atoms with Crippen molar-refractivity contribution in [3.63, 3.8) is 0 Å². The summed E-state index contributed by atoms with van der Waals surface area (Å²) >= 11 is 11.7. The fourth-order valence-electron chi connectivity index (χ4n) is 3.30. The molecule has 0 bridgehead atoms. The minimum absolute atomic E-state index is 0.215. The molecule has 174 valence electrons. The SMILES string of the molecule is O=C(COc1ccc(Cl)cc1)Nc1ccc(NC(=O)COc2ccc(Cl)cc2)c2c1CNC2=O. The minimum Gasteiger partial charge on any atom is -0.484 e. The molecule has 0 aliphatic carbocycles. The molecule has 3 N–H and O–H groups in total. The molecule has 3 amide bonds. The predicted molar refractivity (Wildman–Crippen MR) is 129 cm³/mol. The number of nitrogens with one attached hydrogen (secondary N) is 3. The van der Waals surface area contributed by atoms with Gasteiger partial charge in [-0.05, 0) is 60.7 Å². The first kappa shape index (κ1) is 23.4. The number of hydrogen-bond donors (Lipinski definition) is 3. The number of rotatable bonds is 8. The first-order valence-corrected chi connectivity index (χ1v) is 10.9. The number of anilines is 2. The van der Waals surface area contributed by atoms with Crippen molar-refractivity contribution in [1.82, 2.24) is 5.32 Å². The quantitative estimate of drug-likeness (QED) is 0.429. The number of halogens is 2. The zero-order chi connectivity index (χ0) is 24.1. The maximum atomic E-state index is 12.4. The van der Waals surface area contributed by atoms with Gasteiger partial charge in [0.1, 0.15) is 11.5 Å². The molecule has 0 fully saturated rings. The smallest absolute Gasteiger partial charge is 0.262 e. The molecule has 1 aliphatic heterocycles. The van der Waals surface area contributed by atoms with E-state index in [2.05, 4.69) is 16.0 Å². The number of carbonyl (C=O) groups is 3. The molecule has 1 heterocycles. The van der Waals surface area contributed by atoms with Crippen molar-refractivity contribution in [2.75, 3.05) is 23.8 Å². The molecular formula is C24H19Cl2N3O5. The lowest BCUT2D eigenvalue weighted by Gasteiger charge is -2.14. The van der Waals surface area contributed by atoms with Gasteiger partial charge in [-0.15, -0.1) is 0 Å². The zero-order valence-corrected chi connectivity index (χ0v) is 19.2. The highest BCUT2D eigenvalue weighted by molar-refractivity contribution is 6.30. The average molecular weight is 500 g/mol. The Balaban J connectivity index is 1.39. The summed E-state index contributed by atoms with van der Waals surface area (Å²) in [5.74, 6) is -0.200. The van der Waals surface area contributed by atoms with E-state index in [0.717, 1.165) is 0 Å². The molecule has 8 nitrogen and oxygen atoms in total. The Kier molecular flexibility index (Phi) is 7.20. The monoisotopic (exact) mass is 499 g/mol. The van der Waals surface area contributed by atoms with E-state index in [1.807, 2.05) is 0 Å². The number of amides is 3. The fraction of sp³-hybridized carbons (Fsp3) is 0.125. The lowest BCUT2D eigenvalue weighted by atomic mass is 10.1. The van der Waals surface area contributed by atoms with Gasteiger partial charge < -0.3 is 25.4 Å². The van der Waals surface area contributed by atoms with E-state index in [-0.39, 0.29) is 31.2 Å². The summed E-state index contributed by atoms with van der Waals surface area (Å²) in [5, 5.41) is 9.26. The molecule has 0 spiro atoms. The molecule has 0 radical (unpaired) electrons. The van der Waals surface area contributed by atoms with Gasteiger partial charge in [-0.3, -0.25) is 14.4 Å². The third kappa shape index (κ3) is 5.78. The molecule has 1 aliphatic rings. The third-order valence-electron chi connectivity index (χ3n) is 4.88. The summed E-state index contributed by atoms with van der Waals surface area (Å²) in [6.07, 6.45) is 0. The van der Waals surface area contributed by atoms with Crippen LogP contribution in [-0.4, -0.2) is 30.9 Å². The van der Waals surface area contributed by atoms with E-state index in [9.17, 15) is 14.4 Å². The van der Waals surface area contributed by atoms with E-state index in [1.54, 1.807) is 60.7 Å². The second-order valence-electron chi connectivity index (χ2n) is 7.28. The van der Waals surface area contributed by atoms with Crippen molar-refractivity contribution in [1.29, 1.82) is 0 Å². The highest BCUT2D eigenvalue weighted by Gasteiger charge is 2.27. The van der Waals surface area contributed by atoms with Crippen LogP contribution in [0.1, 0.15) is 15.9 Å². The van der Waals surface area contributed by atoms with E-state index < -0.39 is 11.8 Å². The van der Waals surface area contributed by atoms with Crippen LogP contribution in [0.15, 0.2) is 60.7 Å². The van der Waals surface area contributed by atoms with Crippen LogP contribution in [-0.2, 0) is 16.1 Å². The number of fused-ring (bicyclic) bond motifs is 1. The summed E-state index contributed by atoms with van der Waals surface area (Å²) in [6, 6.07) is 16.4. The van der Waals surface area contributed by atoms with E-state index in [4.69, 9.17) is 32.7 Å². The van der Waals surface area contributed by atoms with Gasteiger partial charge in [-0.2, -0.15) is 0 Å². The van der Waals surface area contributed by atoms with Gasteiger partial charge in [-0.25, -0.2) is 0 Å². The number of hydrogen-bond acceptors (Lipinski definition) is 5. The van der Waals surface area contributed by atoms with Crippen LogP contribution in [0.4, 0.5) is 11.4 Å². The maximum absolute atomic E-state index is 12.4. The Bertz CT molecular complexity index is 1230. The van der Waals surface area contributed by atoms with Crippen LogP contribution in [0.2, 0.25) is 10.0 Å². The first-order valence-electron chi connectivity index (χ1n) is 10.2. The van der Waals surface area contributed by atoms with Crippen molar-refractivity contribution in [3.8, 4) is 11.5 Å². The molecule has 0 unspecified atom stereocenters. The van der Waals surface area contributed by atoms with Crippen molar-refractivity contribution < 1.29 is 23.9 Å². The van der Waals surface area contributed by atoms with Crippen molar-refractivity contribution in [3.05, 3.63) is 81.8 Å². The van der Waals surface area contributed by atoms with Gasteiger partial charge in [0.15, 0.2) is 13.2 Å². The Hall–Kier alpha value is -3.75. The van der Waals surface area contributed by atoms with Gasteiger partial charge in [-0.1, -0.05) is 23.2 Å². The van der Waals surface area contributed by atoms with Crippen LogP contribution in [0.3, 0.4) is 0 Å². The van der Waals surface area contributed by atoms with Crippen LogP contribution in [0.25, 0.3) is 0 Å². The zero-order valence-electron chi connectivity index (χ0n) is 17.7. The van der Waals surface area contributed by atoms with Gasteiger partial charge in [0.05, 0.1) is 11.3 Å². The van der Waals surface area contributed by atoms with Crippen LogP contribution < -0.4 is 25.4 Å². The summed E-state index contributed by atoms with van der Waals surface area (Å²) in [6.45, 7) is -0.260. The molecule has 0 aromatic heterocycles.